The van der Waals surface area contributed by atoms with E-state index in [9.17, 15) is 9.59 Å². The number of fused-ring (bicyclic) bond motifs is 1. The fraction of sp³-hybridized carbons (Fsp3) is 0.333. The standard InChI is InChI=1S/C24H26N4O3S2/c1-3-14-28-21(16-10-6-4-7-11-16)26-27-24(28)32-15-19(29)25-22-20(23(30)31-2)17-12-8-5-9-13-18(17)33-22/h3-4,6-7,10-11H,1,5,8-9,12-15H2,2H3,(H,25,29). The van der Waals surface area contributed by atoms with Gasteiger partial charge in [0.05, 0.1) is 18.4 Å². The van der Waals surface area contributed by atoms with Gasteiger partial charge in [-0.1, -0.05) is 54.6 Å². The number of rotatable bonds is 8. The van der Waals surface area contributed by atoms with Crippen LogP contribution in [0.4, 0.5) is 5.00 Å². The van der Waals surface area contributed by atoms with Crippen LogP contribution in [0.25, 0.3) is 11.4 Å². The molecule has 0 bridgehead atoms. The Morgan fingerprint density at radius 2 is 2.00 bits per heavy atom. The number of aromatic nitrogens is 3. The van der Waals surface area contributed by atoms with Crippen molar-refractivity contribution in [3.8, 4) is 11.4 Å². The summed E-state index contributed by atoms with van der Waals surface area (Å²) in [6.45, 7) is 4.36. The first-order valence-electron chi connectivity index (χ1n) is 10.9. The Morgan fingerprint density at radius 3 is 2.76 bits per heavy atom. The first-order chi connectivity index (χ1) is 16.1. The Bertz CT molecular complexity index is 1150. The second-order valence-electron chi connectivity index (χ2n) is 7.67. The third-order valence-electron chi connectivity index (χ3n) is 5.46. The molecule has 2 heterocycles. The molecule has 0 unspecified atom stereocenters. The monoisotopic (exact) mass is 482 g/mol. The number of ether oxygens (including phenoxy) is 1. The normalized spacial score (nSPS) is 13.1. The van der Waals surface area contributed by atoms with Gasteiger partial charge in [0.25, 0.3) is 0 Å². The SMILES string of the molecule is C=CCn1c(SCC(=O)Nc2sc3c(c2C(=O)OC)CCCCC3)nnc1-c1ccccc1. The molecule has 1 aromatic carbocycles. The molecule has 0 atom stereocenters. The highest BCUT2D eigenvalue weighted by Gasteiger charge is 2.26. The maximum atomic E-state index is 12.8. The van der Waals surface area contributed by atoms with Crippen molar-refractivity contribution < 1.29 is 14.3 Å². The van der Waals surface area contributed by atoms with Crippen molar-refractivity contribution >= 4 is 40.0 Å². The Hall–Kier alpha value is -2.91. The first-order valence-corrected chi connectivity index (χ1v) is 12.7. The number of aryl methyl sites for hydroxylation is 1. The van der Waals surface area contributed by atoms with Gasteiger partial charge in [-0.15, -0.1) is 28.1 Å². The molecule has 7 nitrogen and oxygen atoms in total. The maximum absolute atomic E-state index is 12.8. The van der Waals surface area contributed by atoms with Crippen molar-refractivity contribution in [3.63, 3.8) is 0 Å². The van der Waals surface area contributed by atoms with Gasteiger partial charge in [0.2, 0.25) is 5.91 Å². The fourth-order valence-corrected chi connectivity index (χ4v) is 5.97. The highest BCUT2D eigenvalue weighted by Crippen LogP contribution is 2.38. The van der Waals surface area contributed by atoms with Crippen LogP contribution in [0, 0.1) is 0 Å². The quantitative estimate of drug-likeness (QED) is 0.211. The van der Waals surface area contributed by atoms with E-state index in [1.165, 1.54) is 35.1 Å². The summed E-state index contributed by atoms with van der Waals surface area (Å²) in [6.07, 6.45) is 6.84. The van der Waals surface area contributed by atoms with E-state index in [0.29, 0.717) is 22.3 Å². The van der Waals surface area contributed by atoms with Gasteiger partial charge >= 0.3 is 5.97 Å². The molecular weight excluding hydrogens is 456 g/mol. The number of thiophene rings is 1. The molecule has 3 aromatic rings. The summed E-state index contributed by atoms with van der Waals surface area (Å²) < 4.78 is 6.96. The van der Waals surface area contributed by atoms with Gasteiger partial charge < -0.3 is 10.1 Å². The highest BCUT2D eigenvalue weighted by molar-refractivity contribution is 7.99. The average molecular weight is 483 g/mol. The molecular formula is C24H26N4O3S2. The van der Waals surface area contributed by atoms with E-state index in [2.05, 4.69) is 22.1 Å². The maximum Gasteiger partial charge on any atom is 0.341 e. The third kappa shape index (κ3) is 5.20. The minimum atomic E-state index is -0.393. The Balaban J connectivity index is 1.50. The van der Waals surface area contributed by atoms with E-state index in [0.717, 1.165) is 49.1 Å². The van der Waals surface area contributed by atoms with Gasteiger partial charge in [-0.2, -0.15) is 0 Å². The largest absolute Gasteiger partial charge is 0.465 e. The minimum Gasteiger partial charge on any atom is -0.465 e. The molecule has 0 radical (unpaired) electrons. The zero-order valence-corrected chi connectivity index (χ0v) is 20.1. The van der Waals surface area contributed by atoms with Crippen molar-refractivity contribution in [1.29, 1.82) is 0 Å². The molecule has 0 fully saturated rings. The number of nitrogens with zero attached hydrogens (tertiary/aromatic N) is 3. The highest BCUT2D eigenvalue weighted by atomic mass is 32.2. The number of thioether (sulfide) groups is 1. The topological polar surface area (TPSA) is 86.1 Å². The zero-order chi connectivity index (χ0) is 23.2. The minimum absolute atomic E-state index is 0.146. The average Bonchev–Trinajstić information content (AvgIpc) is 3.30. The lowest BCUT2D eigenvalue weighted by Gasteiger charge is -2.09. The van der Waals surface area contributed by atoms with Crippen LogP contribution in [-0.2, 0) is 28.9 Å². The Kier molecular flexibility index (Phi) is 7.61. The van der Waals surface area contributed by atoms with Crippen LogP contribution in [0.5, 0.6) is 0 Å². The van der Waals surface area contributed by atoms with Crippen LogP contribution in [0.3, 0.4) is 0 Å². The lowest BCUT2D eigenvalue weighted by Crippen LogP contribution is -2.16. The van der Waals surface area contributed by atoms with E-state index in [4.69, 9.17) is 4.74 Å². The number of nitrogens with one attached hydrogen (secondary N) is 1. The predicted molar refractivity (Wildman–Crippen MR) is 132 cm³/mol. The molecule has 1 amide bonds. The number of hydrogen-bond donors (Lipinski definition) is 1. The van der Waals surface area contributed by atoms with E-state index >= 15 is 0 Å². The van der Waals surface area contributed by atoms with Crippen LogP contribution in [0.1, 0.15) is 40.1 Å². The molecule has 4 rings (SSSR count). The summed E-state index contributed by atoms with van der Waals surface area (Å²) in [5.41, 5.74) is 2.50. The number of carbonyl (C=O) groups is 2. The molecule has 1 aliphatic rings. The number of amides is 1. The third-order valence-corrected chi connectivity index (χ3v) is 7.63. The van der Waals surface area contributed by atoms with Crippen LogP contribution < -0.4 is 5.32 Å². The fourth-order valence-electron chi connectivity index (χ4n) is 3.93. The van der Waals surface area contributed by atoms with Gasteiger partial charge in [0, 0.05) is 17.0 Å². The molecule has 0 aliphatic heterocycles. The molecule has 172 valence electrons. The van der Waals surface area contributed by atoms with Crippen molar-refractivity contribution in [2.75, 3.05) is 18.2 Å². The number of anilines is 1. The summed E-state index contributed by atoms with van der Waals surface area (Å²) in [6, 6.07) is 9.79. The summed E-state index contributed by atoms with van der Waals surface area (Å²) in [4.78, 5) is 26.5. The Labute approximate surface area is 201 Å². The summed E-state index contributed by atoms with van der Waals surface area (Å²) in [7, 11) is 1.38. The number of esters is 1. The van der Waals surface area contributed by atoms with E-state index in [1.54, 1.807) is 6.08 Å². The van der Waals surface area contributed by atoms with Gasteiger partial charge in [-0.25, -0.2) is 4.79 Å². The molecule has 0 saturated heterocycles. The van der Waals surface area contributed by atoms with Crippen molar-refractivity contribution in [2.45, 2.75) is 43.8 Å². The van der Waals surface area contributed by atoms with Gasteiger partial charge in [-0.3, -0.25) is 9.36 Å². The van der Waals surface area contributed by atoms with Gasteiger partial charge in [0.1, 0.15) is 5.00 Å². The van der Waals surface area contributed by atoms with Crippen LogP contribution >= 0.6 is 23.1 Å². The number of methoxy groups -OCH3 is 1. The molecule has 33 heavy (non-hydrogen) atoms. The molecule has 2 aromatic heterocycles. The number of carbonyl (C=O) groups excluding carboxylic acids is 2. The lowest BCUT2D eigenvalue weighted by molar-refractivity contribution is -0.113. The molecule has 0 saturated carbocycles. The van der Waals surface area contributed by atoms with Gasteiger partial charge in [-0.05, 0) is 31.2 Å². The van der Waals surface area contributed by atoms with Crippen LogP contribution in [0.15, 0.2) is 48.1 Å². The van der Waals surface area contributed by atoms with E-state index in [-0.39, 0.29) is 11.7 Å². The summed E-state index contributed by atoms with van der Waals surface area (Å²) >= 11 is 2.80. The predicted octanol–water partition coefficient (Wildman–Crippen LogP) is 4.98. The van der Waals surface area contributed by atoms with Crippen molar-refractivity contribution in [1.82, 2.24) is 14.8 Å². The second kappa shape index (κ2) is 10.8. The van der Waals surface area contributed by atoms with Crippen LogP contribution in [0.2, 0.25) is 0 Å². The van der Waals surface area contributed by atoms with E-state index < -0.39 is 5.97 Å². The molecule has 1 N–H and O–H groups in total. The summed E-state index contributed by atoms with van der Waals surface area (Å²) in [5.74, 6) is 0.285. The van der Waals surface area contributed by atoms with Crippen molar-refractivity contribution in [2.24, 2.45) is 0 Å². The van der Waals surface area contributed by atoms with Crippen molar-refractivity contribution in [3.05, 3.63) is 59.0 Å². The number of benzene rings is 1. The second-order valence-corrected chi connectivity index (χ2v) is 9.72. The Morgan fingerprint density at radius 1 is 1.21 bits per heavy atom. The zero-order valence-electron chi connectivity index (χ0n) is 18.5. The summed E-state index contributed by atoms with van der Waals surface area (Å²) in [5, 5.41) is 12.8. The van der Waals surface area contributed by atoms with Gasteiger partial charge in [0.15, 0.2) is 11.0 Å². The number of allylic oxidation sites excluding steroid dienone is 1. The molecule has 1 aliphatic carbocycles. The number of hydrogen-bond acceptors (Lipinski definition) is 7. The van der Waals surface area contributed by atoms with E-state index in [1.807, 2.05) is 34.9 Å². The molecule has 0 spiro atoms. The molecule has 9 heteroatoms. The smallest absolute Gasteiger partial charge is 0.341 e. The van der Waals surface area contributed by atoms with Crippen LogP contribution in [-0.4, -0.2) is 39.5 Å². The lowest BCUT2D eigenvalue weighted by atomic mass is 10.1. The first kappa shape index (κ1) is 23.3.